The number of carbonyl (C=O) groups is 2. The number of nitrogens with two attached hydrogens (primary N) is 1. The van der Waals surface area contributed by atoms with E-state index < -0.39 is 40.7 Å². The zero-order valence-electron chi connectivity index (χ0n) is 14.0. The summed E-state index contributed by atoms with van der Waals surface area (Å²) in [6.45, 7) is 0.0234. The average Bonchev–Trinajstić information content (AvgIpc) is 3.06. The highest BCUT2D eigenvalue weighted by Crippen LogP contribution is 2.36. The van der Waals surface area contributed by atoms with Gasteiger partial charge in [-0.2, -0.15) is 4.39 Å². The van der Waals surface area contributed by atoms with Crippen LogP contribution in [0.5, 0.6) is 0 Å². The van der Waals surface area contributed by atoms with Gasteiger partial charge in [0.2, 0.25) is 11.7 Å². The maximum atomic E-state index is 14.8. The predicted molar refractivity (Wildman–Crippen MR) is 95.9 cm³/mol. The molecule has 0 saturated carbocycles. The van der Waals surface area contributed by atoms with Crippen LogP contribution in [0.2, 0.25) is 0 Å². The van der Waals surface area contributed by atoms with E-state index in [1.165, 1.54) is 12.1 Å². The number of nitrogens with zero attached hydrogens (tertiary/aromatic N) is 1. The van der Waals surface area contributed by atoms with Crippen LogP contribution in [0.15, 0.2) is 27.5 Å². The van der Waals surface area contributed by atoms with E-state index in [1.807, 2.05) is 0 Å². The van der Waals surface area contributed by atoms with Gasteiger partial charge in [-0.3, -0.25) is 9.59 Å². The Morgan fingerprint density at radius 2 is 2.07 bits per heavy atom. The standard InChI is InChI=1S/C17H14BrF2N3O4/c1-27-17(26)11-13(22-10-3-2-7(18)6-9(10)19)12(20)16(25)23-5-4-8(14(11)23)15(21)24/h2-3,6,8,22H,4-5H2,1H3,(H2,21,24). The molecule has 2 aromatic rings. The Morgan fingerprint density at radius 3 is 2.67 bits per heavy atom. The van der Waals surface area contributed by atoms with E-state index in [0.29, 0.717) is 4.47 Å². The topological polar surface area (TPSA) is 103 Å². The number of rotatable bonds is 4. The lowest BCUT2D eigenvalue weighted by atomic mass is 9.98. The monoisotopic (exact) mass is 441 g/mol. The number of nitrogens with one attached hydrogen (secondary N) is 1. The Kier molecular flexibility index (Phi) is 5.01. The van der Waals surface area contributed by atoms with Crippen molar-refractivity contribution in [2.45, 2.75) is 18.9 Å². The van der Waals surface area contributed by atoms with Crippen LogP contribution in [0.1, 0.15) is 28.4 Å². The SMILES string of the molecule is COC(=O)c1c(Nc2ccc(Br)cc2F)c(F)c(=O)n2c1C(C(N)=O)CC2. The summed E-state index contributed by atoms with van der Waals surface area (Å²) in [5.41, 5.74) is 3.20. The number of anilines is 2. The molecule has 3 N–H and O–H groups in total. The third-order valence-corrected chi connectivity index (χ3v) is 4.84. The van der Waals surface area contributed by atoms with Gasteiger partial charge in [-0.1, -0.05) is 15.9 Å². The van der Waals surface area contributed by atoms with Gasteiger partial charge in [0, 0.05) is 11.0 Å². The van der Waals surface area contributed by atoms with Gasteiger partial charge in [-0.25, -0.2) is 9.18 Å². The van der Waals surface area contributed by atoms with Crippen LogP contribution < -0.4 is 16.6 Å². The van der Waals surface area contributed by atoms with Gasteiger partial charge in [0.05, 0.1) is 30.1 Å². The second-order valence-electron chi connectivity index (χ2n) is 5.89. The van der Waals surface area contributed by atoms with Crippen LogP contribution >= 0.6 is 15.9 Å². The number of amides is 1. The summed E-state index contributed by atoms with van der Waals surface area (Å²) >= 11 is 3.10. The number of ether oxygens (including phenoxy) is 1. The van der Waals surface area contributed by atoms with Crippen molar-refractivity contribution in [3.8, 4) is 0 Å². The molecular formula is C17H14BrF2N3O4. The van der Waals surface area contributed by atoms with Crippen LogP contribution in [0.25, 0.3) is 0 Å². The molecule has 1 aliphatic heterocycles. The minimum absolute atomic E-state index is 0.0234. The molecule has 10 heteroatoms. The van der Waals surface area contributed by atoms with E-state index in [1.54, 1.807) is 0 Å². The number of carbonyl (C=O) groups excluding carboxylic acids is 2. The first-order chi connectivity index (χ1) is 12.8. The predicted octanol–water partition coefficient (Wildman–Crippen LogP) is 2.39. The molecule has 1 unspecified atom stereocenters. The number of methoxy groups -OCH3 is 1. The maximum absolute atomic E-state index is 14.8. The smallest absolute Gasteiger partial charge is 0.341 e. The first-order valence-electron chi connectivity index (χ1n) is 7.82. The largest absolute Gasteiger partial charge is 0.465 e. The van der Waals surface area contributed by atoms with Gasteiger partial charge < -0.3 is 20.4 Å². The van der Waals surface area contributed by atoms with Gasteiger partial charge >= 0.3 is 5.97 Å². The van der Waals surface area contributed by atoms with Crippen LogP contribution in [-0.2, 0) is 16.1 Å². The molecule has 0 bridgehead atoms. The summed E-state index contributed by atoms with van der Waals surface area (Å²) in [5, 5.41) is 2.44. The minimum atomic E-state index is -1.29. The van der Waals surface area contributed by atoms with Crippen molar-refractivity contribution in [2.24, 2.45) is 5.73 Å². The third-order valence-electron chi connectivity index (χ3n) is 4.34. The Morgan fingerprint density at radius 1 is 1.37 bits per heavy atom. The van der Waals surface area contributed by atoms with Crippen LogP contribution in [0.3, 0.4) is 0 Å². The summed E-state index contributed by atoms with van der Waals surface area (Å²) in [7, 11) is 1.07. The molecule has 142 valence electrons. The van der Waals surface area contributed by atoms with Crippen molar-refractivity contribution in [1.82, 2.24) is 4.57 Å². The molecule has 3 rings (SSSR count). The molecule has 7 nitrogen and oxygen atoms in total. The summed E-state index contributed by atoms with van der Waals surface area (Å²) in [5.74, 6) is -4.75. The van der Waals surface area contributed by atoms with E-state index in [4.69, 9.17) is 10.5 Å². The molecule has 0 aliphatic carbocycles. The highest BCUT2D eigenvalue weighted by atomic mass is 79.9. The number of benzene rings is 1. The lowest BCUT2D eigenvalue weighted by Crippen LogP contribution is -2.30. The van der Waals surface area contributed by atoms with Crippen molar-refractivity contribution in [3.63, 3.8) is 0 Å². The van der Waals surface area contributed by atoms with Crippen molar-refractivity contribution in [2.75, 3.05) is 12.4 Å². The third kappa shape index (κ3) is 3.20. The molecule has 0 radical (unpaired) electrons. The van der Waals surface area contributed by atoms with Crippen molar-refractivity contribution >= 4 is 39.2 Å². The van der Waals surface area contributed by atoms with Gasteiger partial charge in [0.1, 0.15) is 11.4 Å². The lowest BCUT2D eigenvalue weighted by Gasteiger charge is -2.18. The molecule has 1 atom stereocenters. The van der Waals surface area contributed by atoms with Crippen LogP contribution in [0, 0.1) is 11.6 Å². The molecule has 0 saturated heterocycles. The first-order valence-corrected chi connectivity index (χ1v) is 8.61. The number of hydrogen-bond acceptors (Lipinski definition) is 5. The second-order valence-corrected chi connectivity index (χ2v) is 6.81. The van der Waals surface area contributed by atoms with Gasteiger partial charge in [0.15, 0.2) is 0 Å². The summed E-state index contributed by atoms with van der Waals surface area (Å²) in [6.07, 6.45) is 0.143. The highest BCUT2D eigenvalue weighted by Gasteiger charge is 2.37. The number of pyridine rings is 1. The summed E-state index contributed by atoms with van der Waals surface area (Å²) in [6, 6.07) is 3.92. The lowest BCUT2D eigenvalue weighted by molar-refractivity contribution is -0.119. The zero-order chi connectivity index (χ0) is 19.9. The maximum Gasteiger partial charge on any atom is 0.341 e. The van der Waals surface area contributed by atoms with Gasteiger partial charge in [-0.05, 0) is 24.6 Å². The Hall–Kier alpha value is -2.75. The fraction of sp³-hybridized carbons (Fsp3) is 0.235. The summed E-state index contributed by atoms with van der Waals surface area (Å²) < 4.78 is 35.1. The van der Waals surface area contributed by atoms with Crippen molar-refractivity contribution in [3.05, 3.63) is 55.9 Å². The molecule has 1 aliphatic rings. The van der Waals surface area contributed by atoms with Crippen molar-refractivity contribution in [1.29, 1.82) is 0 Å². The number of fused-ring (bicyclic) bond motifs is 1. The molecule has 1 amide bonds. The van der Waals surface area contributed by atoms with E-state index in [9.17, 15) is 23.2 Å². The first kappa shape index (κ1) is 19.0. The van der Waals surface area contributed by atoms with Crippen LogP contribution in [-0.4, -0.2) is 23.6 Å². The molecule has 2 heterocycles. The van der Waals surface area contributed by atoms with Crippen molar-refractivity contribution < 1.29 is 23.1 Å². The zero-order valence-corrected chi connectivity index (χ0v) is 15.6. The molecule has 0 fully saturated rings. The number of hydrogen-bond donors (Lipinski definition) is 2. The Bertz CT molecular complexity index is 1020. The Labute approximate surface area is 160 Å². The number of primary amides is 1. The van der Waals surface area contributed by atoms with E-state index >= 15 is 0 Å². The van der Waals surface area contributed by atoms with Gasteiger partial charge in [0.25, 0.3) is 5.56 Å². The van der Waals surface area contributed by atoms with E-state index in [0.717, 1.165) is 17.7 Å². The number of aromatic nitrogens is 1. The van der Waals surface area contributed by atoms with E-state index in [2.05, 4.69) is 21.2 Å². The molecule has 27 heavy (non-hydrogen) atoms. The van der Waals surface area contributed by atoms with Crippen LogP contribution in [0.4, 0.5) is 20.2 Å². The fourth-order valence-corrected chi connectivity index (χ4v) is 3.45. The Balaban J connectivity index is 2.28. The number of halogens is 3. The second kappa shape index (κ2) is 7.10. The molecule has 0 spiro atoms. The normalized spacial score (nSPS) is 15.3. The molecule has 1 aromatic heterocycles. The average molecular weight is 442 g/mol. The minimum Gasteiger partial charge on any atom is -0.465 e. The van der Waals surface area contributed by atoms with Gasteiger partial charge in [-0.15, -0.1) is 0 Å². The fourth-order valence-electron chi connectivity index (χ4n) is 3.12. The molecule has 1 aromatic carbocycles. The summed E-state index contributed by atoms with van der Waals surface area (Å²) in [4.78, 5) is 36.5. The number of esters is 1. The van der Waals surface area contributed by atoms with E-state index in [-0.39, 0.29) is 29.9 Å². The highest BCUT2D eigenvalue weighted by molar-refractivity contribution is 9.10. The quantitative estimate of drug-likeness (QED) is 0.708. The molecular weight excluding hydrogens is 428 g/mol.